The van der Waals surface area contributed by atoms with Crippen molar-refractivity contribution in [2.24, 2.45) is 0 Å². The van der Waals surface area contributed by atoms with Crippen LogP contribution in [0, 0.1) is 0 Å². The topological polar surface area (TPSA) is 32.3 Å². The molecule has 2 saturated heterocycles. The van der Waals surface area contributed by atoms with Crippen molar-refractivity contribution in [1.29, 1.82) is 0 Å². The first-order valence-corrected chi connectivity index (χ1v) is 6.53. The molecule has 3 aliphatic rings. The number of carbonyl (C=O) groups excluding carboxylic acids is 1. The Morgan fingerprint density at radius 3 is 2.75 bits per heavy atom. The summed E-state index contributed by atoms with van der Waals surface area (Å²) in [5.74, 6) is 2.12. The monoisotopic (exact) mass is 220 g/mol. The standard InChI is InChI=1S/C13H20N2O/c1-13-7-10(14-12(13)9-16)8-15(13)11-5-3-2-4-6-11/h10-11,14H,2-8H2,1H3/t10-,13-/m1/s1. The molecular weight excluding hydrogens is 200 g/mol. The fraction of sp³-hybridized carbons (Fsp3) is 0.846. The molecule has 2 aliphatic heterocycles. The van der Waals surface area contributed by atoms with Gasteiger partial charge in [-0.15, -0.1) is 0 Å². The summed E-state index contributed by atoms with van der Waals surface area (Å²) in [5, 5.41) is 3.30. The second kappa shape index (κ2) is 3.61. The predicted octanol–water partition coefficient (Wildman–Crippen LogP) is 1.47. The summed E-state index contributed by atoms with van der Waals surface area (Å²) in [6.45, 7) is 3.33. The Bertz CT molecular complexity index is 342. The van der Waals surface area contributed by atoms with E-state index >= 15 is 0 Å². The van der Waals surface area contributed by atoms with Gasteiger partial charge in [0.05, 0.1) is 5.54 Å². The summed E-state index contributed by atoms with van der Waals surface area (Å²) < 4.78 is 0. The van der Waals surface area contributed by atoms with Gasteiger partial charge in [0.2, 0.25) is 0 Å². The zero-order valence-corrected chi connectivity index (χ0v) is 9.96. The van der Waals surface area contributed by atoms with Crippen LogP contribution in [0.4, 0.5) is 0 Å². The maximum Gasteiger partial charge on any atom is 0.147 e. The van der Waals surface area contributed by atoms with E-state index in [-0.39, 0.29) is 5.54 Å². The fourth-order valence-electron chi connectivity index (χ4n) is 3.89. The number of likely N-dealkylation sites (tertiary alicyclic amines) is 1. The van der Waals surface area contributed by atoms with E-state index in [1.165, 1.54) is 32.1 Å². The molecule has 3 rings (SSSR count). The molecule has 2 atom stereocenters. The van der Waals surface area contributed by atoms with Crippen LogP contribution < -0.4 is 5.32 Å². The van der Waals surface area contributed by atoms with Gasteiger partial charge in [0, 0.05) is 18.6 Å². The summed E-state index contributed by atoms with van der Waals surface area (Å²) in [4.78, 5) is 13.6. The number of nitrogens with one attached hydrogen (secondary N) is 1. The largest absolute Gasteiger partial charge is 0.374 e. The summed E-state index contributed by atoms with van der Waals surface area (Å²) in [7, 11) is 0. The van der Waals surface area contributed by atoms with Crippen LogP contribution in [-0.2, 0) is 4.79 Å². The van der Waals surface area contributed by atoms with Gasteiger partial charge in [-0.1, -0.05) is 19.3 Å². The van der Waals surface area contributed by atoms with Gasteiger partial charge in [-0.2, -0.15) is 0 Å². The molecule has 3 fully saturated rings. The zero-order valence-electron chi connectivity index (χ0n) is 9.96. The first kappa shape index (κ1) is 10.4. The van der Waals surface area contributed by atoms with Crippen LogP contribution in [0.1, 0.15) is 45.4 Å². The molecule has 2 heterocycles. The Morgan fingerprint density at radius 2 is 2.12 bits per heavy atom. The molecule has 3 nitrogen and oxygen atoms in total. The van der Waals surface area contributed by atoms with Gasteiger partial charge >= 0.3 is 0 Å². The summed E-state index contributed by atoms with van der Waals surface area (Å²) in [6, 6.07) is 1.19. The summed E-state index contributed by atoms with van der Waals surface area (Å²) in [6.07, 6.45) is 7.82. The van der Waals surface area contributed by atoms with Crippen LogP contribution in [0.3, 0.4) is 0 Å². The van der Waals surface area contributed by atoms with Crippen LogP contribution in [0.5, 0.6) is 0 Å². The third kappa shape index (κ3) is 1.35. The van der Waals surface area contributed by atoms with Gasteiger partial charge in [0.15, 0.2) is 0 Å². The average molecular weight is 220 g/mol. The third-order valence-corrected chi connectivity index (χ3v) is 4.70. The first-order valence-electron chi connectivity index (χ1n) is 6.53. The quantitative estimate of drug-likeness (QED) is 0.679. The molecule has 3 heteroatoms. The minimum Gasteiger partial charge on any atom is -0.374 e. The van der Waals surface area contributed by atoms with Gasteiger partial charge in [0.1, 0.15) is 11.6 Å². The van der Waals surface area contributed by atoms with Gasteiger partial charge < -0.3 is 5.32 Å². The van der Waals surface area contributed by atoms with Crippen LogP contribution in [-0.4, -0.2) is 35.0 Å². The molecule has 0 spiro atoms. The van der Waals surface area contributed by atoms with Crippen LogP contribution in [0.15, 0.2) is 5.70 Å². The van der Waals surface area contributed by atoms with Crippen molar-refractivity contribution in [1.82, 2.24) is 10.2 Å². The molecule has 16 heavy (non-hydrogen) atoms. The SMILES string of the molecule is C[C@]12C[C@H](CN1C1CCCCC1)NC2=C=O. The van der Waals surface area contributed by atoms with Crippen molar-refractivity contribution in [3.05, 3.63) is 5.70 Å². The van der Waals surface area contributed by atoms with Crippen LogP contribution in [0.2, 0.25) is 0 Å². The highest BCUT2D eigenvalue weighted by molar-refractivity contribution is 5.58. The highest BCUT2D eigenvalue weighted by Gasteiger charge is 2.53. The van der Waals surface area contributed by atoms with Crippen molar-refractivity contribution in [3.63, 3.8) is 0 Å². The van der Waals surface area contributed by atoms with Gasteiger partial charge in [-0.25, -0.2) is 4.79 Å². The Kier molecular flexibility index (Phi) is 2.34. The Balaban J connectivity index is 1.84. The van der Waals surface area contributed by atoms with Crippen molar-refractivity contribution in [2.45, 2.75) is 63.1 Å². The lowest BCUT2D eigenvalue weighted by Crippen LogP contribution is -2.54. The molecule has 0 amide bonds. The lowest BCUT2D eigenvalue weighted by molar-refractivity contribution is 0.0892. The number of rotatable bonds is 1. The molecule has 0 radical (unpaired) electrons. The van der Waals surface area contributed by atoms with E-state index in [0.717, 1.165) is 18.7 Å². The van der Waals surface area contributed by atoms with Crippen molar-refractivity contribution < 1.29 is 4.79 Å². The van der Waals surface area contributed by atoms with Crippen molar-refractivity contribution >= 4 is 5.94 Å². The maximum atomic E-state index is 11.0. The number of hydrogen-bond acceptors (Lipinski definition) is 3. The number of piperazine rings is 1. The zero-order chi connectivity index (χ0) is 11.2. The Labute approximate surface area is 96.9 Å². The summed E-state index contributed by atoms with van der Waals surface area (Å²) >= 11 is 0. The van der Waals surface area contributed by atoms with E-state index in [4.69, 9.17) is 0 Å². The van der Waals surface area contributed by atoms with Crippen LogP contribution >= 0.6 is 0 Å². The molecule has 0 aromatic carbocycles. The molecule has 0 aromatic heterocycles. The van der Waals surface area contributed by atoms with Gasteiger partial charge in [-0.05, 0) is 26.2 Å². The van der Waals surface area contributed by atoms with E-state index < -0.39 is 0 Å². The minimum atomic E-state index is -0.0333. The highest BCUT2D eigenvalue weighted by atomic mass is 16.1. The molecule has 0 unspecified atom stereocenters. The maximum absolute atomic E-state index is 11.0. The molecule has 2 bridgehead atoms. The molecule has 1 N–H and O–H groups in total. The lowest BCUT2D eigenvalue weighted by atomic mass is 9.89. The second-order valence-corrected chi connectivity index (χ2v) is 5.74. The lowest BCUT2D eigenvalue weighted by Gasteiger charge is -2.43. The molecule has 1 aliphatic carbocycles. The van der Waals surface area contributed by atoms with E-state index in [9.17, 15) is 4.79 Å². The minimum absolute atomic E-state index is 0.0333. The molecule has 88 valence electrons. The number of hydrogen-bond donors (Lipinski definition) is 1. The fourth-order valence-corrected chi connectivity index (χ4v) is 3.89. The Morgan fingerprint density at radius 1 is 1.38 bits per heavy atom. The second-order valence-electron chi connectivity index (χ2n) is 5.74. The molecular formula is C13H20N2O. The van der Waals surface area contributed by atoms with E-state index in [1.807, 2.05) is 0 Å². The first-order chi connectivity index (χ1) is 7.74. The smallest absolute Gasteiger partial charge is 0.147 e. The predicted molar refractivity (Wildman–Crippen MR) is 62.7 cm³/mol. The number of nitrogens with zero attached hydrogens (tertiary/aromatic N) is 1. The highest BCUT2D eigenvalue weighted by Crippen LogP contribution is 2.43. The van der Waals surface area contributed by atoms with Crippen molar-refractivity contribution in [3.8, 4) is 0 Å². The van der Waals surface area contributed by atoms with Crippen LogP contribution in [0.25, 0.3) is 0 Å². The van der Waals surface area contributed by atoms with Gasteiger partial charge in [0.25, 0.3) is 0 Å². The van der Waals surface area contributed by atoms with E-state index in [2.05, 4.69) is 23.1 Å². The average Bonchev–Trinajstić information content (AvgIpc) is 2.81. The third-order valence-electron chi connectivity index (χ3n) is 4.70. The summed E-state index contributed by atoms with van der Waals surface area (Å²) in [5.41, 5.74) is 0.767. The van der Waals surface area contributed by atoms with E-state index in [0.29, 0.717) is 12.1 Å². The van der Waals surface area contributed by atoms with Crippen molar-refractivity contribution in [2.75, 3.05) is 6.54 Å². The van der Waals surface area contributed by atoms with E-state index in [1.54, 1.807) is 0 Å². The normalized spacial score (nSPS) is 39.8. The van der Waals surface area contributed by atoms with Gasteiger partial charge in [-0.3, -0.25) is 4.90 Å². The number of fused-ring (bicyclic) bond motifs is 2. The molecule has 0 aromatic rings. The molecule has 1 saturated carbocycles. The Hall–Kier alpha value is -0.790.